The van der Waals surface area contributed by atoms with Gasteiger partial charge in [-0.05, 0) is 37.0 Å². The van der Waals surface area contributed by atoms with E-state index in [1.54, 1.807) is 0 Å². The summed E-state index contributed by atoms with van der Waals surface area (Å²) >= 11 is 0. The van der Waals surface area contributed by atoms with Crippen molar-refractivity contribution in [3.8, 4) is 0 Å². The van der Waals surface area contributed by atoms with Gasteiger partial charge in [-0.1, -0.05) is 6.92 Å². The Hall–Kier alpha value is -0.850. The summed E-state index contributed by atoms with van der Waals surface area (Å²) in [6, 6.07) is 0. The van der Waals surface area contributed by atoms with Crippen molar-refractivity contribution in [3.05, 3.63) is 29.1 Å². The standard InChI is InChI=1S/C9H13N/c1-4-9-6-10-5-7(2)8(9)3/h5-6H,4H2,1-3H3. The fraction of sp³-hybridized carbons (Fsp3) is 0.444. The van der Waals surface area contributed by atoms with Gasteiger partial charge in [-0.25, -0.2) is 0 Å². The fourth-order valence-electron chi connectivity index (χ4n) is 1.04. The highest BCUT2D eigenvalue weighted by Crippen LogP contribution is 2.10. The van der Waals surface area contributed by atoms with Gasteiger partial charge < -0.3 is 0 Å². The molecule has 0 radical (unpaired) electrons. The Balaban J connectivity index is 3.14. The lowest BCUT2D eigenvalue weighted by Gasteiger charge is -2.03. The molecular formula is C9H13N. The van der Waals surface area contributed by atoms with Crippen molar-refractivity contribution in [2.45, 2.75) is 27.2 Å². The first kappa shape index (κ1) is 7.26. The molecule has 1 aromatic heterocycles. The lowest BCUT2D eigenvalue weighted by molar-refractivity contribution is 1.05. The van der Waals surface area contributed by atoms with Crippen LogP contribution in [0.25, 0.3) is 0 Å². The molecule has 0 aromatic carbocycles. The lowest BCUT2D eigenvalue weighted by atomic mass is 10.1. The van der Waals surface area contributed by atoms with E-state index in [4.69, 9.17) is 0 Å². The molecule has 0 saturated heterocycles. The van der Waals surface area contributed by atoms with Crippen molar-refractivity contribution in [2.75, 3.05) is 0 Å². The molecule has 1 aromatic rings. The molecule has 0 unspecified atom stereocenters. The van der Waals surface area contributed by atoms with Gasteiger partial charge in [0.05, 0.1) is 0 Å². The SMILES string of the molecule is CCc1cncc(C)c1C. The van der Waals surface area contributed by atoms with E-state index in [1.165, 1.54) is 16.7 Å². The van der Waals surface area contributed by atoms with E-state index in [1.807, 2.05) is 12.4 Å². The second-order valence-corrected chi connectivity index (χ2v) is 2.59. The summed E-state index contributed by atoms with van der Waals surface area (Å²) in [5.41, 5.74) is 4.04. The van der Waals surface area contributed by atoms with Crippen molar-refractivity contribution < 1.29 is 0 Å². The quantitative estimate of drug-likeness (QED) is 0.575. The number of hydrogen-bond acceptors (Lipinski definition) is 1. The first-order valence-electron chi connectivity index (χ1n) is 3.65. The molecule has 0 N–H and O–H groups in total. The maximum Gasteiger partial charge on any atom is 0.0302 e. The third-order valence-corrected chi connectivity index (χ3v) is 1.95. The van der Waals surface area contributed by atoms with Crippen molar-refractivity contribution in [2.24, 2.45) is 0 Å². The van der Waals surface area contributed by atoms with E-state index in [9.17, 15) is 0 Å². The van der Waals surface area contributed by atoms with Crippen LogP contribution in [0.1, 0.15) is 23.6 Å². The maximum atomic E-state index is 4.12. The van der Waals surface area contributed by atoms with Crippen LogP contribution in [0.4, 0.5) is 0 Å². The number of rotatable bonds is 1. The maximum absolute atomic E-state index is 4.12. The Morgan fingerprint density at radius 3 is 2.50 bits per heavy atom. The number of aromatic nitrogens is 1. The van der Waals surface area contributed by atoms with E-state index < -0.39 is 0 Å². The minimum absolute atomic E-state index is 1.08. The van der Waals surface area contributed by atoms with Crippen molar-refractivity contribution in [1.29, 1.82) is 0 Å². The van der Waals surface area contributed by atoms with Crippen LogP contribution >= 0.6 is 0 Å². The second kappa shape index (κ2) is 2.82. The highest BCUT2D eigenvalue weighted by atomic mass is 14.6. The Bertz CT molecular complexity index is 228. The predicted octanol–water partition coefficient (Wildman–Crippen LogP) is 2.26. The lowest BCUT2D eigenvalue weighted by Crippen LogP contribution is -1.90. The van der Waals surface area contributed by atoms with Crippen LogP contribution in [-0.2, 0) is 6.42 Å². The van der Waals surface area contributed by atoms with E-state index in [2.05, 4.69) is 25.8 Å². The summed E-state index contributed by atoms with van der Waals surface area (Å²) in [6.45, 7) is 6.40. The Morgan fingerprint density at radius 1 is 1.30 bits per heavy atom. The Kier molecular flexibility index (Phi) is 2.05. The fourth-order valence-corrected chi connectivity index (χ4v) is 1.04. The molecule has 0 saturated carbocycles. The van der Waals surface area contributed by atoms with Gasteiger partial charge in [-0.3, -0.25) is 4.98 Å². The summed E-state index contributed by atoms with van der Waals surface area (Å²) in [4.78, 5) is 4.12. The smallest absolute Gasteiger partial charge is 0.0302 e. The van der Waals surface area contributed by atoms with Crippen LogP contribution in [0.5, 0.6) is 0 Å². The van der Waals surface area contributed by atoms with E-state index in [-0.39, 0.29) is 0 Å². The van der Waals surface area contributed by atoms with E-state index in [0.717, 1.165) is 6.42 Å². The molecule has 0 fully saturated rings. The highest BCUT2D eigenvalue weighted by Gasteiger charge is 1.96. The Labute approximate surface area is 62.1 Å². The zero-order chi connectivity index (χ0) is 7.56. The minimum atomic E-state index is 1.08. The largest absolute Gasteiger partial charge is 0.264 e. The third-order valence-electron chi connectivity index (χ3n) is 1.95. The van der Waals surface area contributed by atoms with Gasteiger partial charge >= 0.3 is 0 Å². The van der Waals surface area contributed by atoms with Crippen LogP contribution in [0, 0.1) is 13.8 Å². The zero-order valence-electron chi connectivity index (χ0n) is 6.81. The van der Waals surface area contributed by atoms with Gasteiger partial charge in [0.1, 0.15) is 0 Å². The molecule has 1 heterocycles. The summed E-state index contributed by atoms with van der Waals surface area (Å²) in [5.74, 6) is 0. The van der Waals surface area contributed by atoms with Gasteiger partial charge in [0.2, 0.25) is 0 Å². The second-order valence-electron chi connectivity index (χ2n) is 2.59. The first-order valence-corrected chi connectivity index (χ1v) is 3.65. The molecule has 1 heteroatoms. The molecule has 54 valence electrons. The van der Waals surface area contributed by atoms with Crippen LogP contribution in [0.3, 0.4) is 0 Å². The molecule has 10 heavy (non-hydrogen) atoms. The molecule has 0 amide bonds. The molecule has 0 atom stereocenters. The van der Waals surface area contributed by atoms with Crippen LogP contribution < -0.4 is 0 Å². The predicted molar refractivity (Wildman–Crippen MR) is 43.1 cm³/mol. The minimum Gasteiger partial charge on any atom is -0.264 e. The van der Waals surface area contributed by atoms with Crippen molar-refractivity contribution >= 4 is 0 Å². The van der Waals surface area contributed by atoms with Crippen LogP contribution in [0.2, 0.25) is 0 Å². The molecule has 0 aliphatic rings. The summed E-state index contributed by atoms with van der Waals surface area (Å²) in [6.07, 6.45) is 4.94. The number of pyridine rings is 1. The van der Waals surface area contributed by atoms with Crippen LogP contribution in [-0.4, -0.2) is 4.98 Å². The normalized spacial score (nSPS) is 9.90. The average molecular weight is 135 g/mol. The van der Waals surface area contributed by atoms with Gasteiger partial charge in [-0.2, -0.15) is 0 Å². The van der Waals surface area contributed by atoms with E-state index >= 15 is 0 Å². The Morgan fingerprint density at radius 2 is 2.00 bits per heavy atom. The number of nitrogens with zero attached hydrogens (tertiary/aromatic N) is 1. The molecule has 0 bridgehead atoms. The monoisotopic (exact) mass is 135 g/mol. The first-order chi connectivity index (χ1) is 4.75. The van der Waals surface area contributed by atoms with Gasteiger partial charge in [-0.15, -0.1) is 0 Å². The molecular weight excluding hydrogens is 122 g/mol. The zero-order valence-corrected chi connectivity index (χ0v) is 6.81. The topological polar surface area (TPSA) is 12.9 Å². The molecule has 1 rings (SSSR count). The van der Waals surface area contributed by atoms with Gasteiger partial charge in [0.25, 0.3) is 0 Å². The summed E-state index contributed by atoms with van der Waals surface area (Å²) in [5, 5.41) is 0. The summed E-state index contributed by atoms with van der Waals surface area (Å²) in [7, 11) is 0. The van der Waals surface area contributed by atoms with Crippen LogP contribution in [0.15, 0.2) is 12.4 Å². The molecule has 1 nitrogen and oxygen atoms in total. The van der Waals surface area contributed by atoms with Crippen molar-refractivity contribution in [3.63, 3.8) is 0 Å². The average Bonchev–Trinajstić information content (AvgIpc) is 1.95. The highest BCUT2D eigenvalue weighted by molar-refractivity contribution is 5.28. The molecule has 0 aliphatic heterocycles. The summed E-state index contributed by atoms with van der Waals surface area (Å²) < 4.78 is 0. The number of aryl methyl sites for hydroxylation is 2. The third kappa shape index (κ3) is 1.18. The van der Waals surface area contributed by atoms with Gasteiger partial charge in [0, 0.05) is 12.4 Å². The van der Waals surface area contributed by atoms with Crippen molar-refractivity contribution in [1.82, 2.24) is 4.98 Å². The molecule has 0 spiro atoms. The van der Waals surface area contributed by atoms with Gasteiger partial charge in [0.15, 0.2) is 0 Å². The number of hydrogen-bond donors (Lipinski definition) is 0. The molecule has 0 aliphatic carbocycles. The van der Waals surface area contributed by atoms with E-state index in [0.29, 0.717) is 0 Å².